The summed E-state index contributed by atoms with van der Waals surface area (Å²) in [5.41, 5.74) is 3.11. The molecule has 0 N–H and O–H groups in total. The van der Waals surface area contributed by atoms with Crippen LogP contribution in [0, 0.1) is 0 Å². The molecule has 3 aromatic rings. The first kappa shape index (κ1) is 17.8. The molecule has 0 spiro atoms. The van der Waals surface area contributed by atoms with Gasteiger partial charge in [0.15, 0.2) is 0 Å². The SMILES string of the molecule is COc1ccc(-c2cc(-c3ccccc3)sc2C(=O)N2CCOCC2)cc1. The second-order valence-electron chi connectivity index (χ2n) is 6.35. The van der Waals surface area contributed by atoms with E-state index in [1.54, 1.807) is 18.4 Å². The largest absolute Gasteiger partial charge is 0.497 e. The van der Waals surface area contributed by atoms with Crippen LogP contribution in [0.2, 0.25) is 0 Å². The van der Waals surface area contributed by atoms with Gasteiger partial charge in [-0.15, -0.1) is 11.3 Å². The molecule has 0 aliphatic carbocycles. The number of amides is 1. The van der Waals surface area contributed by atoms with Gasteiger partial charge in [-0.05, 0) is 29.3 Å². The molecule has 138 valence electrons. The molecule has 27 heavy (non-hydrogen) atoms. The average molecular weight is 379 g/mol. The number of thiophene rings is 1. The Hall–Kier alpha value is -2.63. The molecule has 0 bridgehead atoms. The summed E-state index contributed by atoms with van der Waals surface area (Å²) in [6, 6.07) is 20.2. The number of hydrogen-bond donors (Lipinski definition) is 0. The van der Waals surface area contributed by atoms with Crippen molar-refractivity contribution in [1.29, 1.82) is 0 Å². The highest BCUT2D eigenvalue weighted by Crippen LogP contribution is 2.38. The summed E-state index contributed by atoms with van der Waals surface area (Å²) in [6.45, 7) is 2.47. The molecule has 0 unspecified atom stereocenters. The van der Waals surface area contributed by atoms with Crippen LogP contribution in [0.4, 0.5) is 0 Å². The van der Waals surface area contributed by atoms with Crippen molar-refractivity contribution in [1.82, 2.24) is 4.90 Å². The van der Waals surface area contributed by atoms with Gasteiger partial charge in [0.1, 0.15) is 10.6 Å². The Kier molecular flexibility index (Phi) is 5.23. The van der Waals surface area contributed by atoms with Crippen LogP contribution in [0.25, 0.3) is 21.6 Å². The van der Waals surface area contributed by atoms with Gasteiger partial charge >= 0.3 is 0 Å². The standard InChI is InChI=1S/C22H21NO3S/c1-25-18-9-7-16(8-10-18)19-15-20(17-5-3-2-4-6-17)27-21(19)22(24)23-11-13-26-14-12-23/h2-10,15H,11-14H2,1H3. The van der Waals surface area contributed by atoms with Gasteiger partial charge in [0.2, 0.25) is 0 Å². The first-order chi connectivity index (χ1) is 13.3. The van der Waals surface area contributed by atoms with Gasteiger partial charge in [-0.1, -0.05) is 42.5 Å². The van der Waals surface area contributed by atoms with Crippen molar-refractivity contribution < 1.29 is 14.3 Å². The molecule has 1 aliphatic rings. The molecule has 0 saturated carbocycles. The van der Waals surface area contributed by atoms with Gasteiger partial charge < -0.3 is 14.4 Å². The quantitative estimate of drug-likeness (QED) is 0.667. The average Bonchev–Trinajstić information content (AvgIpc) is 3.20. The molecule has 0 atom stereocenters. The third-order valence-corrected chi connectivity index (χ3v) is 5.86. The van der Waals surface area contributed by atoms with E-state index in [1.807, 2.05) is 47.4 Å². The number of carbonyl (C=O) groups is 1. The van der Waals surface area contributed by atoms with E-state index in [1.165, 1.54) is 0 Å². The summed E-state index contributed by atoms with van der Waals surface area (Å²) in [5, 5.41) is 0. The van der Waals surface area contributed by atoms with E-state index in [2.05, 4.69) is 18.2 Å². The van der Waals surface area contributed by atoms with Crippen LogP contribution >= 0.6 is 11.3 Å². The van der Waals surface area contributed by atoms with Gasteiger partial charge in [-0.25, -0.2) is 0 Å². The van der Waals surface area contributed by atoms with Crippen molar-refractivity contribution in [2.75, 3.05) is 33.4 Å². The zero-order chi connectivity index (χ0) is 18.6. The van der Waals surface area contributed by atoms with E-state index < -0.39 is 0 Å². The second kappa shape index (κ2) is 7.94. The molecule has 4 rings (SSSR count). The smallest absolute Gasteiger partial charge is 0.264 e. The van der Waals surface area contributed by atoms with E-state index in [0.29, 0.717) is 26.3 Å². The third-order valence-electron chi connectivity index (χ3n) is 4.68. The van der Waals surface area contributed by atoms with Gasteiger partial charge in [-0.3, -0.25) is 4.79 Å². The van der Waals surface area contributed by atoms with E-state index in [9.17, 15) is 4.79 Å². The van der Waals surface area contributed by atoms with E-state index >= 15 is 0 Å². The Morgan fingerprint density at radius 2 is 1.70 bits per heavy atom. The van der Waals surface area contributed by atoms with E-state index in [-0.39, 0.29) is 5.91 Å². The van der Waals surface area contributed by atoms with Crippen molar-refractivity contribution in [3.05, 3.63) is 65.5 Å². The number of carbonyl (C=O) groups excluding carboxylic acids is 1. The van der Waals surface area contributed by atoms with Gasteiger partial charge in [0, 0.05) is 23.5 Å². The lowest BCUT2D eigenvalue weighted by Crippen LogP contribution is -2.40. The Bertz CT molecular complexity index is 912. The number of morpholine rings is 1. The summed E-state index contributed by atoms with van der Waals surface area (Å²) in [4.78, 5) is 17.0. The maximum Gasteiger partial charge on any atom is 0.264 e. The van der Waals surface area contributed by atoms with E-state index in [0.717, 1.165) is 32.2 Å². The number of rotatable bonds is 4. The first-order valence-corrected chi connectivity index (χ1v) is 9.78. The second-order valence-corrected chi connectivity index (χ2v) is 7.40. The van der Waals surface area contributed by atoms with Crippen LogP contribution in [0.1, 0.15) is 9.67 Å². The molecule has 2 heterocycles. The zero-order valence-electron chi connectivity index (χ0n) is 15.2. The normalized spacial score (nSPS) is 14.2. The first-order valence-electron chi connectivity index (χ1n) is 8.97. The van der Waals surface area contributed by atoms with Gasteiger partial charge in [0.05, 0.1) is 20.3 Å². The lowest BCUT2D eigenvalue weighted by Gasteiger charge is -2.26. The van der Waals surface area contributed by atoms with Crippen LogP contribution in [0.5, 0.6) is 5.75 Å². The number of methoxy groups -OCH3 is 1. The van der Waals surface area contributed by atoms with Crippen LogP contribution in [0.15, 0.2) is 60.7 Å². The molecule has 5 heteroatoms. The maximum absolute atomic E-state index is 13.2. The lowest BCUT2D eigenvalue weighted by molar-refractivity contribution is 0.0306. The van der Waals surface area contributed by atoms with E-state index in [4.69, 9.17) is 9.47 Å². The minimum absolute atomic E-state index is 0.0799. The molecule has 0 radical (unpaired) electrons. The topological polar surface area (TPSA) is 38.8 Å². The number of hydrogen-bond acceptors (Lipinski definition) is 4. The van der Waals surface area contributed by atoms with Crippen LogP contribution in [-0.4, -0.2) is 44.2 Å². The van der Waals surface area contributed by atoms with Crippen LogP contribution < -0.4 is 4.74 Å². The highest BCUT2D eigenvalue weighted by atomic mass is 32.1. The Balaban J connectivity index is 1.77. The van der Waals surface area contributed by atoms with Crippen LogP contribution in [0.3, 0.4) is 0 Å². The summed E-state index contributed by atoms with van der Waals surface area (Å²) in [7, 11) is 1.65. The van der Waals surface area contributed by atoms with Crippen molar-refractivity contribution in [3.63, 3.8) is 0 Å². The fourth-order valence-electron chi connectivity index (χ4n) is 3.19. The van der Waals surface area contributed by atoms with Gasteiger partial charge in [0.25, 0.3) is 5.91 Å². The molecule has 1 aromatic heterocycles. The summed E-state index contributed by atoms with van der Waals surface area (Å²) in [5.74, 6) is 0.884. The summed E-state index contributed by atoms with van der Waals surface area (Å²) >= 11 is 1.56. The molecule has 4 nitrogen and oxygen atoms in total. The number of ether oxygens (including phenoxy) is 2. The molecule has 1 aliphatic heterocycles. The third kappa shape index (κ3) is 3.75. The molecule has 1 amide bonds. The van der Waals surface area contributed by atoms with Crippen molar-refractivity contribution in [2.45, 2.75) is 0 Å². The summed E-state index contributed by atoms with van der Waals surface area (Å²) in [6.07, 6.45) is 0. The fourth-order valence-corrected chi connectivity index (χ4v) is 4.34. The number of nitrogens with zero attached hydrogens (tertiary/aromatic N) is 1. The van der Waals surface area contributed by atoms with Crippen LogP contribution in [-0.2, 0) is 4.74 Å². The number of benzene rings is 2. The predicted molar refractivity (Wildman–Crippen MR) is 108 cm³/mol. The monoisotopic (exact) mass is 379 g/mol. The van der Waals surface area contributed by atoms with Crippen molar-refractivity contribution in [3.8, 4) is 27.3 Å². The molecular weight excluding hydrogens is 358 g/mol. The summed E-state index contributed by atoms with van der Waals surface area (Å²) < 4.78 is 10.7. The minimum atomic E-state index is 0.0799. The lowest BCUT2D eigenvalue weighted by atomic mass is 10.0. The maximum atomic E-state index is 13.2. The highest BCUT2D eigenvalue weighted by molar-refractivity contribution is 7.18. The molecule has 1 fully saturated rings. The Morgan fingerprint density at radius 1 is 1.00 bits per heavy atom. The zero-order valence-corrected chi connectivity index (χ0v) is 16.0. The molecule has 2 aromatic carbocycles. The fraction of sp³-hybridized carbons (Fsp3) is 0.227. The highest BCUT2D eigenvalue weighted by Gasteiger charge is 2.24. The van der Waals surface area contributed by atoms with Gasteiger partial charge in [-0.2, -0.15) is 0 Å². The molecular formula is C22H21NO3S. The Morgan fingerprint density at radius 3 is 2.37 bits per heavy atom. The Labute approximate surface area is 163 Å². The van der Waals surface area contributed by atoms with Crippen molar-refractivity contribution >= 4 is 17.2 Å². The minimum Gasteiger partial charge on any atom is -0.497 e. The van der Waals surface area contributed by atoms with Crippen molar-refractivity contribution in [2.24, 2.45) is 0 Å². The predicted octanol–water partition coefficient (Wildman–Crippen LogP) is 4.56. The molecule has 1 saturated heterocycles.